The van der Waals surface area contributed by atoms with Crippen LogP contribution in [0.2, 0.25) is 0 Å². The molecular weight excluding hydrogens is 449 g/mol. The molecule has 3 aromatic heterocycles. The summed E-state index contributed by atoms with van der Waals surface area (Å²) in [5, 5.41) is 14.9. The highest BCUT2D eigenvalue weighted by Crippen LogP contribution is 2.34. The molecule has 0 bridgehead atoms. The van der Waals surface area contributed by atoms with Gasteiger partial charge in [0.05, 0.1) is 55.0 Å². The van der Waals surface area contributed by atoms with Crippen LogP contribution in [-0.4, -0.2) is 56.0 Å². The number of rotatable bonds is 5. The summed E-state index contributed by atoms with van der Waals surface area (Å²) in [5.74, 6) is 0.685. The Hall–Kier alpha value is -3.44. The van der Waals surface area contributed by atoms with E-state index in [1.165, 1.54) is 13.0 Å². The molecule has 0 amide bonds. The smallest absolute Gasteiger partial charge is 0.390 e. The van der Waals surface area contributed by atoms with Gasteiger partial charge in [0.15, 0.2) is 11.5 Å². The minimum absolute atomic E-state index is 0.134. The van der Waals surface area contributed by atoms with Crippen LogP contribution in [0.3, 0.4) is 0 Å². The van der Waals surface area contributed by atoms with Gasteiger partial charge in [0.25, 0.3) is 0 Å². The standard InChI is InChI=1S/C23H23F3N6O2/c1-14-15(3-2-4-17(14)23(24,25)26)9-20-19(12-33)29-22-16(18-11-27-13-28-18)10-21(30-32(20)22)31-5-7-34-8-6-31/h2-4,10-11,13,33H,5-9,12H2,1H3,(H,27,28). The van der Waals surface area contributed by atoms with Crippen LogP contribution in [0.1, 0.15) is 28.1 Å². The molecule has 178 valence electrons. The second-order valence-electron chi connectivity index (χ2n) is 8.14. The number of aliphatic hydroxyl groups excluding tert-OH is 1. The molecule has 4 heterocycles. The van der Waals surface area contributed by atoms with Crippen LogP contribution in [-0.2, 0) is 23.9 Å². The van der Waals surface area contributed by atoms with Gasteiger partial charge in [0.1, 0.15) is 0 Å². The van der Waals surface area contributed by atoms with E-state index in [0.29, 0.717) is 54.7 Å². The number of alkyl halides is 3. The lowest BCUT2D eigenvalue weighted by Gasteiger charge is -2.28. The SMILES string of the molecule is Cc1c(Cc2c(CO)nc3c(-c4cnc[nH]4)cc(N4CCOCC4)nn23)cccc1C(F)(F)F. The third-order valence-corrected chi connectivity index (χ3v) is 6.13. The van der Waals surface area contributed by atoms with Crippen molar-refractivity contribution in [3.8, 4) is 11.3 Å². The zero-order chi connectivity index (χ0) is 23.9. The van der Waals surface area contributed by atoms with Gasteiger partial charge in [-0.05, 0) is 30.2 Å². The van der Waals surface area contributed by atoms with Crippen molar-refractivity contribution in [2.45, 2.75) is 26.1 Å². The molecule has 1 aliphatic rings. The lowest BCUT2D eigenvalue weighted by molar-refractivity contribution is -0.138. The molecule has 4 aromatic rings. The van der Waals surface area contributed by atoms with Gasteiger partial charge in [-0.25, -0.2) is 14.5 Å². The molecule has 1 saturated heterocycles. The number of aromatic amines is 1. The molecule has 1 fully saturated rings. The number of halogens is 3. The lowest BCUT2D eigenvalue weighted by Crippen LogP contribution is -2.37. The van der Waals surface area contributed by atoms with Gasteiger partial charge >= 0.3 is 6.18 Å². The van der Waals surface area contributed by atoms with E-state index in [-0.39, 0.29) is 18.6 Å². The van der Waals surface area contributed by atoms with Gasteiger partial charge in [-0.3, -0.25) is 0 Å². The summed E-state index contributed by atoms with van der Waals surface area (Å²) in [4.78, 5) is 13.9. The summed E-state index contributed by atoms with van der Waals surface area (Å²) in [6.07, 6.45) is -1.09. The Balaban J connectivity index is 1.69. The van der Waals surface area contributed by atoms with E-state index in [1.807, 2.05) is 6.07 Å². The van der Waals surface area contributed by atoms with Crippen LogP contribution < -0.4 is 4.90 Å². The summed E-state index contributed by atoms with van der Waals surface area (Å²) in [6.45, 7) is 3.55. The first kappa shape index (κ1) is 22.4. The van der Waals surface area contributed by atoms with Crippen LogP contribution in [0.25, 0.3) is 16.9 Å². The first-order valence-corrected chi connectivity index (χ1v) is 10.9. The molecule has 1 aliphatic heterocycles. The Bertz CT molecular complexity index is 1310. The minimum Gasteiger partial charge on any atom is -0.390 e. The maximum atomic E-state index is 13.5. The molecular formula is C23H23F3N6O2. The number of ether oxygens (including phenoxy) is 1. The van der Waals surface area contributed by atoms with E-state index < -0.39 is 11.7 Å². The van der Waals surface area contributed by atoms with Crippen molar-refractivity contribution in [1.29, 1.82) is 0 Å². The van der Waals surface area contributed by atoms with E-state index in [2.05, 4.69) is 19.9 Å². The second-order valence-corrected chi connectivity index (χ2v) is 8.14. The third-order valence-electron chi connectivity index (χ3n) is 6.13. The van der Waals surface area contributed by atoms with Gasteiger partial charge in [-0.2, -0.15) is 13.2 Å². The van der Waals surface area contributed by atoms with Crippen LogP contribution in [0.15, 0.2) is 36.8 Å². The number of nitrogens with zero attached hydrogens (tertiary/aromatic N) is 5. The minimum atomic E-state index is -4.45. The summed E-state index contributed by atoms with van der Waals surface area (Å²) >= 11 is 0. The van der Waals surface area contributed by atoms with Crippen LogP contribution >= 0.6 is 0 Å². The molecule has 11 heteroatoms. The van der Waals surface area contributed by atoms with Crippen molar-refractivity contribution in [1.82, 2.24) is 24.6 Å². The summed E-state index contributed by atoms with van der Waals surface area (Å²) < 4.78 is 47.5. The number of aliphatic hydroxyl groups is 1. The molecule has 5 rings (SSSR count). The molecule has 34 heavy (non-hydrogen) atoms. The molecule has 8 nitrogen and oxygen atoms in total. The molecule has 0 unspecified atom stereocenters. The van der Waals surface area contributed by atoms with Crippen LogP contribution in [0.4, 0.5) is 19.0 Å². The summed E-state index contributed by atoms with van der Waals surface area (Å²) in [6, 6.07) is 6.04. The van der Waals surface area contributed by atoms with E-state index in [0.717, 1.165) is 17.3 Å². The highest BCUT2D eigenvalue weighted by Gasteiger charge is 2.33. The molecule has 0 aliphatic carbocycles. The summed E-state index contributed by atoms with van der Waals surface area (Å²) in [7, 11) is 0. The largest absolute Gasteiger partial charge is 0.416 e. The Labute approximate surface area is 193 Å². The fourth-order valence-corrected chi connectivity index (χ4v) is 4.31. The van der Waals surface area contributed by atoms with Crippen molar-refractivity contribution in [2.75, 3.05) is 31.2 Å². The molecule has 0 atom stereocenters. The molecule has 0 radical (unpaired) electrons. The Morgan fingerprint density at radius 2 is 2.00 bits per heavy atom. The quantitative estimate of drug-likeness (QED) is 0.463. The van der Waals surface area contributed by atoms with Crippen molar-refractivity contribution in [3.63, 3.8) is 0 Å². The first-order chi connectivity index (χ1) is 16.4. The third kappa shape index (κ3) is 4.01. The number of nitrogens with one attached hydrogen (secondary N) is 1. The number of aromatic nitrogens is 5. The normalized spacial score (nSPS) is 14.8. The van der Waals surface area contributed by atoms with Crippen LogP contribution in [0.5, 0.6) is 0 Å². The van der Waals surface area contributed by atoms with Gasteiger partial charge in [0, 0.05) is 25.1 Å². The Kier molecular flexibility index (Phi) is 5.74. The second kappa shape index (κ2) is 8.73. The van der Waals surface area contributed by atoms with Crippen molar-refractivity contribution >= 4 is 11.5 Å². The Morgan fingerprint density at radius 1 is 1.21 bits per heavy atom. The number of benzene rings is 1. The average molecular weight is 472 g/mol. The monoisotopic (exact) mass is 472 g/mol. The fraction of sp³-hybridized carbons (Fsp3) is 0.348. The van der Waals surface area contributed by atoms with Crippen LogP contribution in [0, 0.1) is 6.92 Å². The zero-order valence-electron chi connectivity index (χ0n) is 18.4. The van der Waals surface area contributed by atoms with Crippen molar-refractivity contribution in [2.24, 2.45) is 0 Å². The highest BCUT2D eigenvalue weighted by atomic mass is 19.4. The van der Waals surface area contributed by atoms with Gasteiger partial charge in [0.2, 0.25) is 0 Å². The average Bonchev–Trinajstić information content (AvgIpc) is 3.48. The number of fused-ring (bicyclic) bond motifs is 1. The van der Waals surface area contributed by atoms with Gasteiger partial charge in [-0.15, -0.1) is 5.10 Å². The predicted octanol–water partition coefficient (Wildman–Crippen LogP) is 3.37. The lowest BCUT2D eigenvalue weighted by atomic mass is 9.98. The number of H-pyrrole nitrogens is 1. The number of hydrogen-bond acceptors (Lipinski definition) is 6. The predicted molar refractivity (Wildman–Crippen MR) is 119 cm³/mol. The van der Waals surface area contributed by atoms with E-state index >= 15 is 0 Å². The number of anilines is 1. The van der Waals surface area contributed by atoms with Crippen molar-refractivity contribution < 1.29 is 23.0 Å². The van der Waals surface area contributed by atoms with E-state index in [1.54, 1.807) is 23.1 Å². The maximum absolute atomic E-state index is 13.5. The van der Waals surface area contributed by atoms with E-state index in [4.69, 9.17) is 9.84 Å². The number of morpholine rings is 1. The highest BCUT2D eigenvalue weighted by molar-refractivity contribution is 5.77. The van der Waals surface area contributed by atoms with Crippen molar-refractivity contribution in [3.05, 3.63) is 64.9 Å². The Morgan fingerprint density at radius 3 is 2.68 bits per heavy atom. The van der Waals surface area contributed by atoms with Gasteiger partial charge < -0.3 is 19.7 Å². The zero-order valence-corrected chi connectivity index (χ0v) is 18.4. The molecule has 0 saturated carbocycles. The van der Waals surface area contributed by atoms with Gasteiger partial charge in [-0.1, -0.05) is 12.1 Å². The number of imidazole rings is 2. The number of hydrogen-bond donors (Lipinski definition) is 2. The fourth-order valence-electron chi connectivity index (χ4n) is 4.31. The topological polar surface area (TPSA) is 91.6 Å². The molecule has 1 aromatic carbocycles. The molecule has 2 N–H and O–H groups in total. The van der Waals surface area contributed by atoms with E-state index in [9.17, 15) is 18.3 Å². The first-order valence-electron chi connectivity index (χ1n) is 10.9. The maximum Gasteiger partial charge on any atom is 0.416 e. The molecule has 0 spiro atoms. The summed E-state index contributed by atoms with van der Waals surface area (Å²) in [5.41, 5.74) is 2.81.